The van der Waals surface area contributed by atoms with Crippen LogP contribution in [0.5, 0.6) is 5.88 Å². The summed E-state index contributed by atoms with van der Waals surface area (Å²) >= 11 is 0. The highest BCUT2D eigenvalue weighted by atomic mass is 16.3. The number of amides is 1. The van der Waals surface area contributed by atoms with Gasteiger partial charge in [0.05, 0.1) is 0 Å². The Bertz CT molecular complexity index is 383. The van der Waals surface area contributed by atoms with Gasteiger partial charge < -0.3 is 10.4 Å². The van der Waals surface area contributed by atoms with E-state index in [-0.39, 0.29) is 11.4 Å². The molecule has 1 rings (SSSR count). The summed E-state index contributed by atoms with van der Waals surface area (Å²) in [5, 5.41) is 11.9. The van der Waals surface area contributed by atoms with Gasteiger partial charge in [0.25, 0.3) is 11.5 Å². The fourth-order valence-corrected chi connectivity index (χ4v) is 1.21. The van der Waals surface area contributed by atoms with Crippen molar-refractivity contribution in [2.24, 2.45) is 0 Å². The highest BCUT2D eigenvalue weighted by Crippen LogP contribution is 2.14. The first-order valence-electron chi connectivity index (χ1n) is 4.27. The van der Waals surface area contributed by atoms with E-state index < -0.39 is 11.5 Å². The summed E-state index contributed by atoms with van der Waals surface area (Å²) < 4.78 is 0. The van der Waals surface area contributed by atoms with Crippen molar-refractivity contribution >= 4 is 5.91 Å². The second kappa shape index (κ2) is 3.95. The molecule has 14 heavy (non-hydrogen) atoms. The molecule has 0 aromatic carbocycles. The maximum Gasteiger partial charge on any atom is 0.256 e. The third kappa shape index (κ3) is 1.93. The zero-order chi connectivity index (χ0) is 10.7. The summed E-state index contributed by atoms with van der Waals surface area (Å²) in [6.45, 7) is 3.84. The van der Waals surface area contributed by atoms with E-state index in [9.17, 15) is 14.7 Å². The van der Waals surface area contributed by atoms with Crippen LogP contribution < -0.4 is 10.9 Å². The molecule has 3 N–H and O–H groups in total. The number of rotatable bonds is 2. The van der Waals surface area contributed by atoms with Crippen LogP contribution in [0.3, 0.4) is 0 Å². The number of aromatic nitrogens is 1. The standard InChI is InChI=1S/C9H12N2O3/c1-3-10-8(13)7-5(2)4-6(12)11-9(7)14/h4H,3H2,1-2H3,(H,10,13)(H2,11,12,14). The van der Waals surface area contributed by atoms with Crippen molar-refractivity contribution < 1.29 is 9.90 Å². The van der Waals surface area contributed by atoms with Gasteiger partial charge in [-0.25, -0.2) is 0 Å². The van der Waals surface area contributed by atoms with Gasteiger partial charge in [-0.15, -0.1) is 0 Å². The molecule has 1 heterocycles. The molecule has 0 aliphatic rings. The Hall–Kier alpha value is -1.78. The van der Waals surface area contributed by atoms with Gasteiger partial charge in [-0.1, -0.05) is 0 Å². The van der Waals surface area contributed by atoms with Crippen LogP contribution in [0.4, 0.5) is 0 Å². The Kier molecular flexibility index (Phi) is 2.91. The molecule has 0 spiro atoms. The summed E-state index contributed by atoms with van der Waals surface area (Å²) in [5.41, 5.74) is 0.150. The van der Waals surface area contributed by atoms with Crippen molar-refractivity contribution in [1.82, 2.24) is 10.3 Å². The summed E-state index contributed by atoms with van der Waals surface area (Å²) in [4.78, 5) is 24.5. The van der Waals surface area contributed by atoms with Crippen LogP contribution in [0.15, 0.2) is 10.9 Å². The summed E-state index contributed by atoms with van der Waals surface area (Å²) in [7, 11) is 0. The molecule has 0 aliphatic carbocycles. The fourth-order valence-electron chi connectivity index (χ4n) is 1.21. The highest BCUT2D eigenvalue weighted by Gasteiger charge is 2.14. The molecule has 0 radical (unpaired) electrons. The van der Waals surface area contributed by atoms with Gasteiger partial charge in [0.1, 0.15) is 5.56 Å². The van der Waals surface area contributed by atoms with Gasteiger partial charge >= 0.3 is 0 Å². The van der Waals surface area contributed by atoms with Crippen molar-refractivity contribution in [2.45, 2.75) is 13.8 Å². The van der Waals surface area contributed by atoms with Gasteiger partial charge in [-0.05, 0) is 19.4 Å². The average molecular weight is 196 g/mol. The predicted octanol–water partition coefficient (Wildman–Crippen LogP) is 0.139. The summed E-state index contributed by atoms with van der Waals surface area (Å²) in [6, 6.07) is 1.27. The van der Waals surface area contributed by atoms with E-state index in [4.69, 9.17) is 0 Å². The first kappa shape index (κ1) is 10.3. The number of nitrogens with one attached hydrogen (secondary N) is 2. The number of carbonyl (C=O) groups is 1. The average Bonchev–Trinajstić information content (AvgIpc) is 2.01. The topological polar surface area (TPSA) is 82.2 Å². The first-order chi connectivity index (χ1) is 6.56. The molecular formula is C9H12N2O3. The highest BCUT2D eigenvalue weighted by molar-refractivity contribution is 5.97. The first-order valence-corrected chi connectivity index (χ1v) is 4.27. The summed E-state index contributed by atoms with van der Waals surface area (Å²) in [5.74, 6) is -0.778. The maximum atomic E-state index is 11.4. The number of hydrogen-bond donors (Lipinski definition) is 3. The third-order valence-electron chi connectivity index (χ3n) is 1.78. The van der Waals surface area contributed by atoms with Crippen LogP contribution in [0.1, 0.15) is 22.8 Å². The number of carbonyl (C=O) groups excluding carboxylic acids is 1. The lowest BCUT2D eigenvalue weighted by atomic mass is 10.1. The Labute approximate surface area is 80.8 Å². The van der Waals surface area contributed by atoms with Crippen LogP contribution in [0, 0.1) is 6.92 Å². The molecule has 5 nitrogen and oxygen atoms in total. The Morgan fingerprint density at radius 2 is 2.29 bits per heavy atom. The van der Waals surface area contributed by atoms with Crippen molar-refractivity contribution in [2.75, 3.05) is 6.54 Å². The van der Waals surface area contributed by atoms with Crippen molar-refractivity contribution in [3.05, 3.63) is 27.5 Å². The largest absolute Gasteiger partial charge is 0.494 e. The number of hydrogen-bond acceptors (Lipinski definition) is 3. The van der Waals surface area contributed by atoms with Crippen molar-refractivity contribution in [1.29, 1.82) is 0 Å². The quantitative estimate of drug-likeness (QED) is 0.629. The van der Waals surface area contributed by atoms with Crippen LogP contribution in [-0.2, 0) is 0 Å². The molecule has 0 atom stereocenters. The molecule has 0 bridgehead atoms. The summed E-state index contributed by atoms with van der Waals surface area (Å²) in [6.07, 6.45) is 0. The SMILES string of the molecule is CCNC(=O)c1c(C)cc(=O)[nH]c1O. The number of aromatic hydroxyl groups is 1. The van der Waals surface area contributed by atoms with Gasteiger partial charge in [0.2, 0.25) is 5.88 Å². The van der Waals surface area contributed by atoms with Crippen molar-refractivity contribution in [3.8, 4) is 5.88 Å². The minimum absolute atomic E-state index is 0.117. The predicted molar refractivity (Wildman–Crippen MR) is 51.5 cm³/mol. The minimum Gasteiger partial charge on any atom is -0.494 e. The number of aryl methyl sites for hydroxylation is 1. The molecular weight excluding hydrogens is 184 g/mol. The fraction of sp³-hybridized carbons (Fsp3) is 0.333. The third-order valence-corrected chi connectivity index (χ3v) is 1.78. The van der Waals surface area contributed by atoms with Crippen LogP contribution in [-0.4, -0.2) is 22.5 Å². The maximum absolute atomic E-state index is 11.4. The minimum atomic E-state index is -0.423. The Morgan fingerprint density at radius 3 is 2.79 bits per heavy atom. The van der Waals surface area contributed by atoms with Gasteiger partial charge in [0, 0.05) is 12.6 Å². The van der Waals surface area contributed by atoms with E-state index in [1.807, 2.05) is 0 Å². The molecule has 0 saturated heterocycles. The van der Waals surface area contributed by atoms with Crippen molar-refractivity contribution in [3.63, 3.8) is 0 Å². The zero-order valence-electron chi connectivity index (χ0n) is 8.05. The monoisotopic (exact) mass is 196 g/mol. The van der Waals surface area contributed by atoms with E-state index in [1.165, 1.54) is 6.07 Å². The van der Waals surface area contributed by atoms with E-state index >= 15 is 0 Å². The van der Waals surface area contributed by atoms with E-state index in [1.54, 1.807) is 13.8 Å². The molecule has 5 heteroatoms. The molecule has 1 aromatic rings. The second-order valence-electron chi connectivity index (χ2n) is 2.90. The normalized spacial score (nSPS) is 9.86. The zero-order valence-corrected chi connectivity index (χ0v) is 8.05. The second-order valence-corrected chi connectivity index (χ2v) is 2.90. The Morgan fingerprint density at radius 1 is 1.64 bits per heavy atom. The van der Waals surface area contributed by atoms with Crippen LogP contribution in [0.25, 0.3) is 0 Å². The molecule has 0 unspecified atom stereocenters. The lowest BCUT2D eigenvalue weighted by Crippen LogP contribution is -2.25. The van der Waals surface area contributed by atoms with Gasteiger partial charge in [0.15, 0.2) is 0 Å². The van der Waals surface area contributed by atoms with E-state index in [2.05, 4.69) is 10.3 Å². The molecule has 0 fully saturated rings. The Balaban J connectivity index is 3.21. The number of pyridine rings is 1. The molecule has 0 aliphatic heterocycles. The van der Waals surface area contributed by atoms with Gasteiger partial charge in [-0.2, -0.15) is 0 Å². The number of aromatic amines is 1. The lowest BCUT2D eigenvalue weighted by molar-refractivity contribution is 0.0951. The molecule has 1 aromatic heterocycles. The number of H-pyrrole nitrogens is 1. The van der Waals surface area contributed by atoms with Gasteiger partial charge in [-0.3, -0.25) is 14.6 Å². The molecule has 0 saturated carbocycles. The van der Waals surface area contributed by atoms with Crippen LogP contribution in [0.2, 0.25) is 0 Å². The van der Waals surface area contributed by atoms with E-state index in [0.29, 0.717) is 12.1 Å². The van der Waals surface area contributed by atoms with Crippen LogP contribution >= 0.6 is 0 Å². The van der Waals surface area contributed by atoms with E-state index in [0.717, 1.165) is 0 Å². The molecule has 1 amide bonds. The smallest absolute Gasteiger partial charge is 0.256 e. The lowest BCUT2D eigenvalue weighted by Gasteiger charge is -2.06. The molecule has 76 valence electrons.